The number of carboxylic acids is 2. The normalized spacial score (nSPS) is 13.1. The molecule has 8 nitrogen and oxygen atoms in total. The summed E-state index contributed by atoms with van der Waals surface area (Å²) in [6.45, 7) is 5.84. The minimum absolute atomic E-state index is 0. The fraction of sp³-hybridized carbons (Fsp3) is 0.720. The summed E-state index contributed by atoms with van der Waals surface area (Å²) in [6, 6.07) is 20.7. The maximum atomic E-state index is 10.4. The number of carboxylic acid groups (broad SMARTS) is 2. The van der Waals surface area contributed by atoms with Crippen molar-refractivity contribution in [3.63, 3.8) is 0 Å². The van der Waals surface area contributed by atoms with Gasteiger partial charge in [0, 0.05) is 11.9 Å². The van der Waals surface area contributed by atoms with Crippen LogP contribution < -0.4 is 10.2 Å². The summed E-state index contributed by atoms with van der Waals surface area (Å²) in [6.07, 6.45) is 27.0. The molecule has 0 bridgehead atoms. The van der Waals surface area contributed by atoms with Crippen LogP contribution in [0.2, 0.25) is 0 Å². The molecule has 0 saturated carbocycles. The fourth-order valence-electron chi connectivity index (χ4n) is 7.24. The van der Waals surface area contributed by atoms with E-state index in [0.29, 0.717) is 51.1 Å². The third-order valence-electron chi connectivity index (χ3n) is 10.9. The summed E-state index contributed by atoms with van der Waals surface area (Å²) in [5.74, 6) is -2.00. The first-order valence-corrected chi connectivity index (χ1v) is 23.3. The van der Waals surface area contributed by atoms with Crippen LogP contribution in [0.5, 0.6) is 0 Å². The van der Waals surface area contributed by atoms with Crippen LogP contribution in [0.3, 0.4) is 0 Å². The molecule has 2 aromatic rings. The van der Waals surface area contributed by atoms with Gasteiger partial charge in [0.15, 0.2) is 0 Å². The van der Waals surface area contributed by atoms with Gasteiger partial charge in [-0.25, -0.2) is 0 Å². The first-order chi connectivity index (χ1) is 28.2. The summed E-state index contributed by atoms with van der Waals surface area (Å²) in [5.41, 5.74) is 2.46. The molecular weight excluding hydrogens is 866 g/mol. The van der Waals surface area contributed by atoms with Crippen LogP contribution >= 0.6 is 0 Å². The third kappa shape index (κ3) is 38.2. The van der Waals surface area contributed by atoms with Gasteiger partial charge in [-0.3, -0.25) is 0 Å². The molecule has 0 heterocycles. The molecule has 59 heavy (non-hydrogen) atoms. The second-order valence-electron chi connectivity index (χ2n) is 16.4. The molecule has 4 atom stereocenters. The van der Waals surface area contributed by atoms with Gasteiger partial charge in [0.25, 0.3) is 0 Å². The van der Waals surface area contributed by atoms with E-state index < -0.39 is 11.9 Å². The maximum Gasteiger partial charge on any atom is 2.00 e. The first kappa shape index (κ1) is 57.8. The second-order valence-corrected chi connectivity index (χ2v) is 16.4. The largest absolute Gasteiger partial charge is 2.00 e. The van der Waals surface area contributed by atoms with Gasteiger partial charge >= 0.3 is 48.9 Å². The average molecular weight is 949 g/mol. The second kappa shape index (κ2) is 42.1. The van der Waals surface area contributed by atoms with E-state index in [4.69, 9.17) is 9.47 Å². The number of unbranched alkanes of at least 4 members (excludes halogenated alkanes) is 12. The topological polar surface area (TPSA) is 139 Å². The number of hydrogen-bond donors (Lipinski definition) is 2. The van der Waals surface area contributed by atoms with Crippen molar-refractivity contribution in [2.24, 2.45) is 0 Å². The predicted molar refractivity (Wildman–Crippen MR) is 238 cm³/mol. The average Bonchev–Trinajstić information content (AvgIpc) is 3.22. The van der Waals surface area contributed by atoms with E-state index in [1.54, 1.807) is 0 Å². The Hall–Kier alpha value is -1.21. The van der Waals surface area contributed by atoms with Gasteiger partial charge < -0.3 is 39.5 Å². The first-order valence-electron chi connectivity index (χ1n) is 23.3. The number of aliphatic hydroxyl groups is 2. The Morgan fingerprint density at radius 3 is 1.05 bits per heavy atom. The fourth-order valence-corrected chi connectivity index (χ4v) is 7.24. The van der Waals surface area contributed by atoms with Crippen LogP contribution in [0.4, 0.5) is 0 Å². The summed E-state index contributed by atoms with van der Waals surface area (Å²) in [7, 11) is 0. The predicted octanol–water partition coefficient (Wildman–Crippen LogP) is 9.95. The quantitative estimate of drug-likeness (QED) is 0.0501. The van der Waals surface area contributed by atoms with Crippen molar-refractivity contribution >= 4 is 60.8 Å². The molecule has 0 saturated heterocycles. The zero-order chi connectivity index (χ0) is 42.3. The molecule has 2 aromatic carbocycles. The van der Waals surface area contributed by atoms with Crippen LogP contribution in [0.25, 0.3) is 0 Å². The van der Waals surface area contributed by atoms with Crippen LogP contribution in [-0.4, -0.2) is 95.4 Å². The van der Waals surface area contributed by atoms with Crippen molar-refractivity contribution in [1.29, 1.82) is 0 Å². The smallest absolute Gasteiger partial charge is 0.550 e. The van der Waals surface area contributed by atoms with Gasteiger partial charge in [-0.05, 0) is 88.2 Å². The van der Waals surface area contributed by atoms with Crippen LogP contribution in [-0.2, 0) is 32.3 Å². The van der Waals surface area contributed by atoms with Gasteiger partial charge in [-0.15, -0.1) is 0 Å². The van der Waals surface area contributed by atoms with Gasteiger partial charge in [0.05, 0.1) is 37.6 Å². The van der Waals surface area contributed by atoms with E-state index in [0.717, 1.165) is 89.9 Å². The van der Waals surface area contributed by atoms with Gasteiger partial charge in [0.1, 0.15) is 0 Å². The van der Waals surface area contributed by atoms with Crippen LogP contribution in [0.1, 0.15) is 205 Å². The molecular formula is C50H82BaO8. The van der Waals surface area contributed by atoms with Crippen molar-refractivity contribution in [2.45, 2.75) is 231 Å². The van der Waals surface area contributed by atoms with E-state index in [1.165, 1.54) is 62.5 Å². The van der Waals surface area contributed by atoms with Crippen molar-refractivity contribution in [3.8, 4) is 0 Å². The number of aliphatic hydroxyl groups excluding tert-OH is 2. The standard InChI is InChI=1S/2C25H42O4.Ba/c2*1-2-3-4-10-18-24(29-21-22-14-7-5-8-15-22)19-11-6-9-16-23(26)17-12-13-20-25(27)28;/h2*5,7-8,14-15,23-24,26H,2-4,6,9-13,16-21H2,1H3,(H,27,28);/q;;+2/p-2. The number of ether oxygens (including phenoxy) is 2. The summed E-state index contributed by atoms with van der Waals surface area (Å²) < 4.78 is 12.4. The molecule has 0 radical (unpaired) electrons. The number of benzene rings is 2. The van der Waals surface area contributed by atoms with E-state index in [9.17, 15) is 30.0 Å². The van der Waals surface area contributed by atoms with Crippen molar-refractivity contribution in [2.75, 3.05) is 0 Å². The molecule has 9 heteroatoms. The van der Waals surface area contributed by atoms with Gasteiger partial charge in [0.2, 0.25) is 0 Å². The molecule has 2 N–H and O–H groups in total. The van der Waals surface area contributed by atoms with Gasteiger partial charge in [-0.1, -0.05) is 177 Å². The summed E-state index contributed by atoms with van der Waals surface area (Å²) in [5, 5.41) is 40.8. The zero-order valence-corrected chi connectivity index (χ0v) is 41.8. The summed E-state index contributed by atoms with van der Waals surface area (Å²) in [4.78, 5) is 20.8. The zero-order valence-electron chi connectivity index (χ0n) is 37.3. The Kier molecular flexibility index (Phi) is 41.2. The SMILES string of the molecule is CCCCCCC(CCCCCC(O)CCCCC(=O)[O-])OCc1ccccc1.CCCCCCC(CCCCCC(O)CCCCC(=O)[O-])OCc1ccccc1.[Ba+2]. The maximum absolute atomic E-state index is 10.4. The number of carbonyl (C=O) groups is 2. The molecule has 0 amide bonds. The minimum atomic E-state index is -1.00. The van der Waals surface area contributed by atoms with Crippen LogP contribution in [0.15, 0.2) is 60.7 Å². The minimum Gasteiger partial charge on any atom is -0.550 e. The Morgan fingerprint density at radius 2 is 0.746 bits per heavy atom. The van der Waals surface area contributed by atoms with Gasteiger partial charge in [-0.2, -0.15) is 0 Å². The Balaban J connectivity index is 0.00000112. The van der Waals surface area contributed by atoms with E-state index >= 15 is 0 Å². The molecule has 0 aliphatic carbocycles. The van der Waals surface area contributed by atoms with Crippen LogP contribution in [0, 0.1) is 0 Å². The van der Waals surface area contributed by atoms with Crippen molar-refractivity contribution in [3.05, 3.63) is 71.8 Å². The number of rotatable bonds is 38. The molecule has 0 spiro atoms. The number of hydrogen-bond acceptors (Lipinski definition) is 8. The molecule has 4 unspecified atom stereocenters. The molecule has 0 aliphatic rings. The third-order valence-corrected chi connectivity index (χ3v) is 10.9. The van der Waals surface area contributed by atoms with Crippen molar-refractivity contribution < 1.29 is 39.5 Å². The molecule has 332 valence electrons. The van der Waals surface area contributed by atoms with E-state index in [2.05, 4.69) is 62.4 Å². The van der Waals surface area contributed by atoms with E-state index in [-0.39, 0.29) is 73.9 Å². The van der Waals surface area contributed by atoms with Crippen molar-refractivity contribution in [1.82, 2.24) is 0 Å². The number of aliphatic carboxylic acids is 2. The molecule has 0 aromatic heterocycles. The molecule has 0 fully saturated rings. The monoisotopic (exact) mass is 949 g/mol. The number of carbonyl (C=O) groups excluding carboxylic acids is 2. The Morgan fingerprint density at radius 1 is 0.458 bits per heavy atom. The Labute approximate surface area is 400 Å². The van der Waals surface area contributed by atoms with E-state index in [1.807, 2.05) is 12.1 Å². The Bertz CT molecular complexity index is 1110. The molecule has 0 aliphatic heterocycles. The molecule has 2 rings (SSSR count). The summed E-state index contributed by atoms with van der Waals surface area (Å²) >= 11 is 0.